The van der Waals surface area contributed by atoms with Crippen LogP contribution in [0.4, 0.5) is 0 Å². The van der Waals surface area contributed by atoms with E-state index in [1.54, 1.807) is 0 Å². The third kappa shape index (κ3) is 3.60. The van der Waals surface area contributed by atoms with Gasteiger partial charge in [-0.05, 0) is 117 Å². The van der Waals surface area contributed by atoms with E-state index in [1.807, 2.05) is 6.92 Å². The standard InChI is InChI=1S/C30H52O4/c1-18(2)10-9-13-30(8,34)19-11-15-28(6)24(19)20(31)16-22-27(5)14-12-23(33)26(3,4)25(27)21(32)17-29(22,28)7/h10,19-25,31-34H,9,11-17H2,1-8H3/t19?,20-,21+,22?,23+,24+,25?,27-,28-,29-,30+/m1/s1. The summed E-state index contributed by atoms with van der Waals surface area (Å²) in [5, 5.41) is 46.0. The van der Waals surface area contributed by atoms with E-state index in [1.165, 1.54) is 5.57 Å². The quantitative estimate of drug-likeness (QED) is 0.406. The third-order valence-electron chi connectivity index (χ3n) is 12.3. The van der Waals surface area contributed by atoms with E-state index in [2.05, 4.69) is 54.5 Å². The van der Waals surface area contributed by atoms with E-state index in [-0.39, 0.29) is 39.4 Å². The van der Waals surface area contributed by atoms with Crippen LogP contribution >= 0.6 is 0 Å². The zero-order chi connectivity index (χ0) is 25.5. The van der Waals surface area contributed by atoms with Gasteiger partial charge in [0.15, 0.2) is 0 Å². The first-order chi connectivity index (χ1) is 15.5. The predicted octanol–water partition coefficient (Wildman–Crippen LogP) is 5.47. The normalized spacial score (nSPS) is 51.6. The number of allylic oxidation sites excluding steroid dienone is 2. The molecule has 0 spiro atoms. The highest BCUT2D eigenvalue weighted by molar-refractivity contribution is 5.21. The molecular weight excluding hydrogens is 424 g/mol. The lowest BCUT2D eigenvalue weighted by Crippen LogP contribution is -2.69. The monoisotopic (exact) mass is 476 g/mol. The highest BCUT2D eigenvalue weighted by Crippen LogP contribution is 2.75. The van der Waals surface area contributed by atoms with Crippen LogP contribution in [0.3, 0.4) is 0 Å². The van der Waals surface area contributed by atoms with E-state index in [0.717, 1.165) is 51.4 Å². The SMILES string of the molecule is CC(C)=CCC[C@](C)(O)C1CC[C@]2(C)[C@@H]1[C@H](O)CC1[C@@]3(C)CC[C@H](O)C(C)(C)C3[C@@H](O)C[C@]12C. The molecule has 4 rings (SSSR count). The molecule has 0 heterocycles. The minimum atomic E-state index is -0.810. The van der Waals surface area contributed by atoms with Gasteiger partial charge in [0.2, 0.25) is 0 Å². The molecule has 4 heteroatoms. The molecule has 4 nitrogen and oxygen atoms in total. The second kappa shape index (κ2) is 8.30. The van der Waals surface area contributed by atoms with Gasteiger partial charge in [-0.3, -0.25) is 0 Å². The van der Waals surface area contributed by atoms with Crippen LogP contribution in [0.15, 0.2) is 11.6 Å². The largest absolute Gasteiger partial charge is 0.393 e. The van der Waals surface area contributed by atoms with Crippen LogP contribution in [0.5, 0.6) is 0 Å². The number of aliphatic hydroxyl groups is 4. The Morgan fingerprint density at radius 2 is 1.59 bits per heavy atom. The fourth-order valence-electron chi connectivity index (χ4n) is 10.5. The lowest BCUT2D eigenvalue weighted by atomic mass is 9.34. The first-order valence-electron chi connectivity index (χ1n) is 13.9. The molecule has 4 N–H and O–H groups in total. The Hall–Kier alpha value is -0.420. The molecule has 4 fully saturated rings. The molecule has 0 amide bonds. The summed E-state index contributed by atoms with van der Waals surface area (Å²) >= 11 is 0. The molecule has 0 aliphatic heterocycles. The highest BCUT2D eigenvalue weighted by Gasteiger charge is 2.72. The van der Waals surface area contributed by atoms with Gasteiger partial charge in [-0.2, -0.15) is 0 Å². The van der Waals surface area contributed by atoms with Crippen molar-refractivity contribution in [3.8, 4) is 0 Å². The topological polar surface area (TPSA) is 80.9 Å². The van der Waals surface area contributed by atoms with Crippen molar-refractivity contribution in [2.24, 2.45) is 45.3 Å². The van der Waals surface area contributed by atoms with Crippen LogP contribution in [0.1, 0.15) is 107 Å². The summed E-state index contributed by atoms with van der Waals surface area (Å²) in [5.74, 6) is 0.442. The van der Waals surface area contributed by atoms with Gasteiger partial charge in [0.25, 0.3) is 0 Å². The molecule has 11 atom stereocenters. The smallest absolute Gasteiger partial charge is 0.0654 e. The Kier molecular flexibility index (Phi) is 6.50. The van der Waals surface area contributed by atoms with Crippen molar-refractivity contribution in [2.75, 3.05) is 0 Å². The van der Waals surface area contributed by atoms with Crippen molar-refractivity contribution in [3.63, 3.8) is 0 Å². The van der Waals surface area contributed by atoms with Crippen molar-refractivity contribution in [1.29, 1.82) is 0 Å². The Labute approximate surface area is 208 Å². The van der Waals surface area contributed by atoms with Crippen molar-refractivity contribution in [2.45, 2.75) is 131 Å². The van der Waals surface area contributed by atoms with Crippen molar-refractivity contribution in [3.05, 3.63) is 11.6 Å². The van der Waals surface area contributed by atoms with E-state index >= 15 is 0 Å². The van der Waals surface area contributed by atoms with Gasteiger partial charge in [0, 0.05) is 0 Å². The summed E-state index contributed by atoms with van der Waals surface area (Å²) in [7, 11) is 0. The molecule has 0 aromatic carbocycles. The summed E-state index contributed by atoms with van der Waals surface area (Å²) < 4.78 is 0. The summed E-state index contributed by atoms with van der Waals surface area (Å²) in [6.45, 7) is 17.5. The summed E-state index contributed by atoms with van der Waals surface area (Å²) in [6, 6.07) is 0. The second-order valence-corrected chi connectivity index (χ2v) is 14.7. The maximum absolute atomic E-state index is 11.8. The Morgan fingerprint density at radius 1 is 0.941 bits per heavy atom. The van der Waals surface area contributed by atoms with Gasteiger partial charge >= 0.3 is 0 Å². The molecule has 196 valence electrons. The van der Waals surface area contributed by atoms with E-state index in [4.69, 9.17) is 0 Å². The molecular formula is C30H52O4. The van der Waals surface area contributed by atoms with Gasteiger partial charge in [-0.25, -0.2) is 0 Å². The Bertz CT molecular complexity index is 813. The van der Waals surface area contributed by atoms with E-state index in [9.17, 15) is 20.4 Å². The fourth-order valence-corrected chi connectivity index (χ4v) is 10.5. The first kappa shape index (κ1) is 26.6. The summed E-state index contributed by atoms with van der Waals surface area (Å²) in [6.07, 6.45) is 7.54. The van der Waals surface area contributed by atoms with Crippen molar-refractivity contribution >= 4 is 0 Å². The first-order valence-corrected chi connectivity index (χ1v) is 13.9. The minimum Gasteiger partial charge on any atom is -0.393 e. The zero-order valence-corrected chi connectivity index (χ0v) is 23.1. The average Bonchev–Trinajstić information content (AvgIpc) is 3.07. The number of hydrogen-bond donors (Lipinski definition) is 4. The molecule has 4 saturated carbocycles. The molecule has 0 saturated heterocycles. The van der Waals surface area contributed by atoms with E-state index in [0.29, 0.717) is 5.92 Å². The highest BCUT2D eigenvalue weighted by atomic mass is 16.3. The second-order valence-electron chi connectivity index (χ2n) is 14.7. The van der Waals surface area contributed by atoms with Crippen LogP contribution < -0.4 is 0 Å². The van der Waals surface area contributed by atoms with Gasteiger partial charge in [0.1, 0.15) is 0 Å². The molecule has 0 aromatic heterocycles. The molecule has 0 aromatic rings. The number of aliphatic hydroxyl groups excluding tert-OH is 3. The van der Waals surface area contributed by atoms with Gasteiger partial charge < -0.3 is 20.4 Å². The maximum Gasteiger partial charge on any atom is 0.0654 e. The van der Waals surface area contributed by atoms with Crippen LogP contribution in [-0.4, -0.2) is 44.3 Å². The number of hydrogen-bond acceptors (Lipinski definition) is 4. The predicted molar refractivity (Wildman–Crippen MR) is 137 cm³/mol. The lowest BCUT2D eigenvalue weighted by molar-refractivity contribution is -0.274. The summed E-state index contributed by atoms with van der Waals surface area (Å²) in [5.41, 5.74) is -0.230. The van der Waals surface area contributed by atoms with Crippen LogP contribution in [0, 0.1) is 45.3 Å². The molecule has 4 aliphatic rings. The Morgan fingerprint density at radius 3 is 2.21 bits per heavy atom. The lowest BCUT2D eigenvalue weighted by Gasteiger charge is -2.71. The summed E-state index contributed by atoms with van der Waals surface area (Å²) in [4.78, 5) is 0. The molecule has 0 radical (unpaired) electrons. The zero-order valence-electron chi connectivity index (χ0n) is 23.1. The van der Waals surface area contributed by atoms with Crippen LogP contribution in [0.25, 0.3) is 0 Å². The van der Waals surface area contributed by atoms with E-state index < -0.39 is 23.9 Å². The fraction of sp³-hybridized carbons (Fsp3) is 0.933. The molecule has 4 aliphatic carbocycles. The molecule has 0 bridgehead atoms. The Balaban J connectivity index is 1.70. The molecule has 34 heavy (non-hydrogen) atoms. The maximum atomic E-state index is 11.8. The molecule has 3 unspecified atom stereocenters. The number of rotatable bonds is 4. The van der Waals surface area contributed by atoms with Crippen LogP contribution in [0.2, 0.25) is 0 Å². The van der Waals surface area contributed by atoms with Gasteiger partial charge in [-0.15, -0.1) is 0 Å². The minimum absolute atomic E-state index is 0.0264. The van der Waals surface area contributed by atoms with Crippen molar-refractivity contribution < 1.29 is 20.4 Å². The van der Waals surface area contributed by atoms with Gasteiger partial charge in [-0.1, -0.05) is 46.3 Å². The average molecular weight is 477 g/mol. The van der Waals surface area contributed by atoms with Gasteiger partial charge in [0.05, 0.1) is 23.9 Å². The number of fused-ring (bicyclic) bond motifs is 5. The van der Waals surface area contributed by atoms with Crippen LogP contribution in [-0.2, 0) is 0 Å². The van der Waals surface area contributed by atoms with Crippen molar-refractivity contribution in [1.82, 2.24) is 0 Å². The third-order valence-corrected chi connectivity index (χ3v) is 12.3.